The Hall–Kier alpha value is -5.31. The maximum atomic E-state index is 13.5. The molecule has 5 rings (SSSR count). The molecule has 0 fully saturated rings. The highest BCUT2D eigenvalue weighted by Gasteiger charge is 2.23. The van der Waals surface area contributed by atoms with E-state index in [0.29, 0.717) is 33.3 Å². The first-order valence-electron chi connectivity index (χ1n) is 14.7. The predicted octanol–water partition coefficient (Wildman–Crippen LogP) is 8.54. The molecule has 5 aromatic rings. The zero-order valence-electron chi connectivity index (χ0n) is 25.7. The van der Waals surface area contributed by atoms with Crippen LogP contribution >= 0.6 is 23.4 Å². The number of amides is 3. The van der Waals surface area contributed by atoms with Crippen molar-refractivity contribution in [3.8, 4) is 5.75 Å². The van der Waals surface area contributed by atoms with Crippen molar-refractivity contribution in [2.24, 2.45) is 0 Å². The van der Waals surface area contributed by atoms with Crippen molar-refractivity contribution < 1.29 is 19.1 Å². The lowest BCUT2D eigenvalue weighted by Crippen LogP contribution is -2.30. The Kier molecular flexibility index (Phi) is 11.1. The van der Waals surface area contributed by atoms with E-state index in [9.17, 15) is 14.4 Å². The number of halogens is 1. The van der Waals surface area contributed by atoms with Gasteiger partial charge in [-0.15, -0.1) is 11.8 Å². The van der Waals surface area contributed by atoms with Crippen LogP contribution in [0.15, 0.2) is 138 Å². The number of hydrogen-bond donors (Lipinski definition) is 3. The summed E-state index contributed by atoms with van der Waals surface area (Å²) in [5.74, 6) is -0.583. The first-order chi connectivity index (χ1) is 22.8. The minimum atomic E-state index is -0.555. The summed E-state index contributed by atoms with van der Waals surface area (Å²) < 4.78 is 5.44. The number of ether oxygens (including phenoxy) is 1. The molecule has 0 spiro atoms. The molecule has 0 saturated carbocycles. The van der Waals surface area contributed by atoms with Gasteiger partial charge in [-0.05, 0) is 78.7 Å². The molecule has 0 aliphatic carbocycles. The van der Waals surface area contributed by atoms with Crippen molar-refractivity contribution in [1.29, 1.82) is 0 Å². The van der Waals surface area contributed by atoms with Crippen molar-refractivity contribution in [2.45, 2.75) is 17.1 Å². The van der Waals surface area contributed by atoms with Gasteiger partial charge in [-0.25, -0.2) is 0 Å². The van der Waals surface area contributed by atoms with Crippen LogP contribution in [0.1, 0.15) is 32.3 Å². The fourth-order valence-electron chi connectivity index (χ4n) is 4.61. The Morgan fingerprint density at radius 1 is 0.766 bits per heavy atom. The Morgan fingerprint density at radius 2 is 1.40 bits per heavy atom. The maximum absolute atomic E-state index is 13.5. The summed E-state index contributed by atoms with van der Waals surface area (Å²) in [6.45, 7) is 1.90. The minimum absolute atomic E-state index is 0.0406. The molecule has 0 saturated heterocycles. The number of carbonyl (C=O) groups excluding carboxylic acids is 3. The molecular formula is C38H32ClN3O4S. The normalized spacial score (nSPS) is 11.7. The molecule has 7 nitrogen and oxygen atoms in total. The Morgan fingerprint density at radius 3 is 2.09 bits per heavy atom. The number of nitrogens with one attached hydrogen (secondary N) is 3. The number of aryl methyl sites for hydroxylation is 1. The molecule has 1 atom stereocenters. The Labute approximate surface area is 283 Å². The SMILES string of the molecule is COc1ccccc1/C=C(\NC(=O)c1ccccc1)C(=O)Nc1ccc(SC(C(=O)Nc2ccc(C)c(Cl)c2)c2ccccc2)cc1. The lowest BCUT2D eigenvalue weighted by atomic mass is 10.1. The first-order valence-corrected chi connectivity index (χ1v) is 16.0. The molecule has 1 unspecified atom stereocenters. The topological polar surface area (TPSA) is 96.5 Å². The third-order valence-corrected chi connectivity index (χ3v) is 8.79. The van der Waals surface area contributed by atoms with Crippen LogP contribution in [0, 0.1) is 6.92 Å². The van der Waals surface area contributed by atoms with Crippen LogP contribution in [-0.2, 0) is 9.59 Å². The van der Waals surface area contributed by atoms with Crippen molar-refractivity contribution in [1.82, 2.24) is 5.32 Å². The zero-order valence-corrected chi connectivity index (χ0v) is 27.3. The van der Waals surface area contributed by atoms with Gasteiger partial charge in [-0.1, -0.05) is 84.4 Å². The van der Waals surface area contributed by atoms with Gasteiger partial charge in [0.2, 0.25) is 5.91 Å². The van der Waals surface area contributed by atoms with Gasteiger partial charge >= 0.3 is 0 Å². The molecule has 3 N–H and O–H groups in total. The monoisotopic (exact) mass is 661 g/mol. The Balaban J connectivity index is 1.34. The number of thioether (sulfide) groups is 1. The second kappa shape index (κ2) is 15.8. The lowest BCUT2D eigenvalue weighted by Gasteiger charge is -2.18. The van der Waals surface area contributed by atoms with E-state index in [2.05, 4.69) is 16.0 Å². The number of anilines is 2. The van der Waals surface area contributed by atoms with E-state index in [0.717, 1.165) is 16.0 Å². The predicted molar refractivity (Wildman–Crippen MR) is 190 cm³/mol. The molecule has 0 aliphatic heterocycles. The molecule has 0 aromatic heterocycles. The van der Waals surface area contributed by atoms with Crippen LogP contribution in [0.5, 0.6) is 5.75 Å². The van der Waals surface area contributed by atoms with Crippen LogP contribution in [0.2, 0.25) is 5.02 Å². The second-order valence-corrected chi connectivity index (χ2v) is 12.0. The summed E-state index contributed by atoms with van der Waals surface area (Å²) in [7, 11) is 1.54. The van der Waals surface area contributed by atoms with Gasteiger partial charge < -0.3 is 20.7 Å². The van der Waals surface area contributed by atoms with Gasteiger partial charge in [-0.2, -0.15) is 0 Å². The van der Waals surface area contributed by atoms with Gasteiger partial charge in [-0.3, -0.25) is 14.4 Å². The molecule has 47 heavy (non-hydrogen) atoms. The van der Waals surface area contributed by atoms with Crippen molar-refractivity contribution in [3.05, 3.63) is 160 Å². The molecule has 3 amide bonds. The number of benzene rings is 5. The molecule has 236 valence electrons. The summed E-state index contributed by atoms with van der Waals surface area (Å²) in [5.41, 5.74) is 3.96. The highest BCUT2D eigenvalue weighted by molar-refractivity contribution is 8.00. The molecule has 0 aliphatic rings. The largest absolute Gasteiger partial charge is 0.496 e. The molecular weight excluding hydrogens is 630 g/mol. The molecule has 5 aromatic carbocycles. The number of hydrogen-bond acceptors (Lipinski definition) is 5. The van der Waals surface area contributed by atoms with Gasteiger partial charge in [0, 0.05) is 32.4 Å². The van der Waals surface area contributed by atoms with Crippen LogP contribution < -0.4 is 20.7 Å². The van der Waals surface area contributed by atoms with E-state index in [-0.39, 0.29) is 11.6 Å². The molecule has 9 heteroatoms. The summed E-state index contributed by atoms with van der Waals surface area (Å²) >= 11 is 7.67. The quantitative estimate of drug-likeness (QED) is 0.0974. The van der Waals surface area contributed by atoms with Crippen LogP contribution in [0.3, 0.4) is 0 Å². The number of methoxy groups -OCH3 is 1. The van der Waals surface area contributed by atoms with Crippen molar-refractivity contribution in [3.63, 3.8) is 0 Å². The van der Waals surface area contributed by atoms with Gasteiger partial charge in [0.05, 0.1) is 7.11 Å². The molecule has 0 radical (unpaired) electrons. The van der Waals surface area contributed by atoms with Crippen LogP contribution in [0.25, 0.3) is 6.08 Å². The summed E-state index contributed by atoms with van der Waals surface area (Å²) in [5, 5.41) is 8.62. The van der Waals surface area contributed by atoms with Gasteiger partial charge in [0.1, 0.15) is 16.7 Å². The van der Waals surface area contributed by atoms with Crippen molar-refractivity contribution in [2.75, 3.05) is 17.7 Å². The molecule has 0 heterocycles. The third kappa shape index (κ3) is 8.91. The zero-order chi connectivity index (χ0) is 33.2. The minimum Gasteiger partial charge on any atom is -0.496 e. The standard InChI is InChI=1S/C38H32ClN3O4S/c1-25-17-18-30(24-32(25)39)41-38(45)35(26-11-5-3-6-12-26)47-31-21-19-29(20-22-31)40-37(44)33(23-28-15-9-10-16-34(28)46-2)42-36(43)27-13-7-4-8-14-27/h3-24,35H,1-2H3,(H,40,44)(H,41,45)(H,42,43)/b33-23-. The number of carbonyl (C=O) groups is 3. The van der Waals surface area contributed by atoms with E-state index in [1.54, 1.807) is 67.8 Å². The highest BCUT2D eigenvalue weighted by Crippen LogP contribution is 2.37. The average molecular weight is 662 g/mol. The summed E-state index contributed by atoms with van der Waals surface area (Å²) in [6.07, 6.45) is 1.57. The van der Waals surface area contributed by atoms with Gasteiger partial charge in [0.25, 0.3) is 11.8 Å². The number of para-hydroxylation sites is 1. The average Bonchev–Trinajstić information content (AvgIpc) is 3.10. The smallest absolute Gasteiger partial charge is 0.272 e. The van der Waals surface area contributed by atoms with E-state index < -0.39 is 17.1 Å². The first kappa shape index (κ1) is 33.1. The van der Waals surface area contributed by atoms with E-state index in [4.69, 9.17) is 16.3 Å². The molecule has 0 bridgehead atoms. The van der Waals surface area contributed by atoms with Crippen molar-refractivity contribution >= 4 is 58.5 Å². The highest BCUT2D eigenvalue weighted by atomic mass is 35.5. The summed E-state index contributed by atoms with van der Waals surface area (Å²) in [4.78, 5) is 40.9. The fraction of sp³-hybridized carbons (Fsp3) is 0.0789. The Bertz CT molecular complexity index is 1900. The van der Waals surface area contributed by atoms with E-state index in [1.807, 2.05) is 79.7 Å². The van der Waals surface area contributed by atoms with Gasteiger partial charge in [0.15, 0.2) is 0 Å². The lowest BCUT2D eigenvalue weighted by molar-refractivity contribution is -0.116. The van der Waals surface area contributed by atoms with E-state index >= 15 is 0 Å². The van der Waals surface area contributed by atoms with Crippen LogP contribution in [-0.4, -0.2) is 24.8 Å². The van der Waals surface area contributed by atoms with Crippen LogP contribution in [0.4, 0.5) is 11.4 Å². The summed E-state index contributed by atoms with van der Waals surface area (Å²) in [6, 6.07) is 37.9. The van der Waals surface area contributed by atoms with E-state index in [1.165, 1.54) is 11.8 Å². The number of rotatable bonds is 11. The maximum Gasteiger partial charge on any atom is 0.272 e. The third-order valence-electron chi connectivity index (χ3n) is 7.11. The second-order valence-electron chi connectivity index (χ2n) is 10.5. The fourth-order valence-corrected chi connectivity index (χ4v) is 5.82.